The van der Waals surface area contributed by atoms with Crippen LogP contribution in [0.5, 0.6) is 0 Å². The maximum Gasteiger partial charge on any atom is 0.458 e. The average molecular weight is 791 g/mol. The average Bonchev–Trinajstić information content (AvgIpc) is 3.12. The Balaban J connectivity index is 0.000000418. The summed E-state index contributed by atoms with van der Waals surface area (Å²) in [6.07, 6.45) is -3.03. The molecule has 6 bridgehead atoms. The first-order valence-electron chi connectivity index (χ1n) is 16.7. The summed E-state index contributed by atoms with van der Waals surface area (Å²) in [5.41, 5.74) is 6.29. The van der Waals surface area contributed by atoms with Gasteiger partial charge in [0.15, 0.2) is 5.82 Å². The smallest absolute Gasteiger partial charge is 0.339 e. The molecule has 0 radical (unpaired) electrons. The van der Waals surface area contributed by atoms with Crippen LogP contribution in [0.4, 0.5) is 65.7 Å². The van der Waals surface area contributed by atoms with Crippen molar-refractivity contribution >= 4 is 69.6 Å². The van der Waals surface area contributed by atoms with Crippen molar-refractivity contribution in [1.82, 2.24) is 19.9 Å². The number of piperidine rings is 1. The normalized spacial score (nSPS) is 14.3. The number of pyridine rings is 1. The predicted octanol–water partition coefficient (Wildman–Crippen LogP) is 7.94. The van der Waals surface area contributed by atoms with Gasteiger partial charge < -0.3 is 26.2 Å². The number of rotatable bonds is 5. The van der Waals surface area contributed by atoms with Crippen molar-refractivity contribution < 1.29 is 45.5 Å². The summed E-state index contributed by atoms with van der Waals surface area (Å²) in [6, 6.07) is 15.5. The number of urea groups is 1. The quantitative estimate of drug-likeness (QED) is 0.116. The molecule has 2 aromatic heterocycles. The number of Topliss-reactive ketones (excluding diaryl/α,β-unsaturated/α-hetero) is 2. The maximum absolute atomic E-state index is 13.2. The van der Waals surface area contributed by atoms with Crippen molar-refractivity contribution in [2.75, 3.05) is 34.4 Å². The lowest BCUT2D eigenvalue weighted by Gasteiger charge is -2.31. The maximum atomic E-state index is 13.2. The van der Waals surface area contributed by atoms with Gasteiger partial charge in [-0.3, -0.25) is 19.4 Å². The van der Waals surface area contributed by atoms with Crippen LogP contribution in [0.15, 0.2) is 67.1 Å². The molecule has 6 rings (SSSR count). The van der Waals surface area contributed by atoms with E-state index in [0.717, 1.165) is 58.7 Å². The zero-order valence-corrected chi connectivity index (χ0v) is 29.7. The lowest BCUT2D eigenvalue weighted by molar-refractivity contribution is -0.193. The van der Waals surface area contributed by atoms with Gasteiger partial charge in [0.25, 0.3) is 0 Å². The standard InChI is InChI=1S/C32H33ClN8O2.C4F6O2/c1-20-3-2-4-24(13-20)38-32(43)41-11-9-21(10-12-41)15-29(42)39-28-8-7-25-16-23(28)6-5-22-14-26(18-34-17-22)37-31-35-19-27(33)30(36-25)40-31;5-3(6,7)1(11)2(12)4(8,9)10/h2-4,7-8,13-14,16-19,21H,5-6,9-12,15H2,1H3,(H,38,43)(H,39,42)(H2,35,36,37,40);. The topological polar surface area (TPSA) is 158 Å². The van der Waals surface area contributed by atoms with Gasteiger partial charge in [0.2, 0.25) is 11.9 Å². The van der Waals surface area contributed by atoms with Crippen LogP contribution in [0, 0.1) is 12.8 Å². The lowest BCUT2D eigenvalue weighted by atomic mass is 9.93. The number of anilines is 6. The highest BCUT2D eigenvalue weighted by Gasteiger charge is 2.54. The number of nitrogens with one attached hydrogen (secondary N) is 4. The van der Waals surface area contributed by atoms with Gasteiger partial charge in [-0.2, -0.15) is 31.3 Å². The Morgan fingerprint density at radius 1 is 0.855 bits per heavy atom. The van der Waals surface area contributed by atoms with Crippen molar-refractivity contribution in [1.29, 1.82) is 0 Å². The van der Waals surface area contributed by atoms with Crippen LogP contribution in [0.3, 0.4) is 0 Å². The number of aryl methyl sites for hydroxylation is 3. The SMILES string of the molecule is Cc1cccc(NC(=O)N2CCC(CC(=O)Nc3ccc4cc3CCc3cncc(c3)Nc3ncc(Cl)c(n3)N4)CC2)c1.O=C(C(=O)C(F)(F)F)C(F)(F)F. The second-order valence-electron chi connectivity index (χ2n) is 12.7. The Kier molecular flexibility index (Phi) is 12.6. The highest BCUT2D eigenvalue weighted by atomic mass is 35.5. The third kappa shape index (κ3) is 11.4. The number of hydrogen-bond acceptors (Lipinski definition) is 9. The fourth-order valence-electron chi connectivity index (χ4n) is 5.74. The van der Waals surface area contributed by atoms with Crippen LogP contribution in [0.25, 0.3) is 0 Å². The molecule has 0 saturated carbocycles. The van der Waals surface area contributed by atoms with Gasteiger partial charge >= 0.3 is 30.0 Å². The molecule has 0 spiro atoms. The van der Waals surface area contributed by atoms with Crippen molar-refractivity contribution in [3.05, 3.63) is 88.8 Å². The molecule has 0 aliphatic carbocycles. The van der Waals surface area contributed by atoms with Gasteiger partial charge in [0.1, 0.15) is 5.02 Å². The number of benzene rings is 2. The number of carbonyl (C=O) groups is 4. The third-order valence-electron chi connectivity index (χ3n) is 8.49. The summed E-state index contributed by atoms with van der Waals surface area (Å²) < 4.78 is 67.0. The molecule has 0 atom stereocenters. The molecule has 1 saturated heterocycles. The number of alkyl halides is 6. The summed E-state index contributed by atoms with van der Waals surface area (Å²) in [6.45, 7) is 3.24. The van der Waals surface area contributed by atoms with Crippen LogP contribution in [0.2, 0.25) is 5.02 Å². The van der Waals surface area contributed by atoms with Gasteiger partial charge in [-0.1, -0.05) is 23.7 Å². The second kappa shape index (κ2) is 17.1. The molecule has 19 heteroatoms. The Morgan fingerprint density at radius 2 is 1.56 bits per heavy atom. The van der Waals surface area contributed by atoms with Gasteiger partial charge in [-0.15, -0.1) is 0 Å². The number of likely N-dealkylation sites (tertiary alicyclic amines) is 1. The summed E-state index contributed by atoms with van der Waals surface area (Å²) in [4.78, 5) is 60.2. The van der Waals surface area contributed by atoms with Gasteiger partial charge in [0.05, 0.1) is 18.1 Å². The summed E-state index contributed by atoms with van der Waals surface area (Å²) in [7, 11) is 0. The van der Waals surface area contributed by atoms with Gasteiger partial charge in [-0.25, -0.2) is 9.78 Å². The van der Waals surface area contributed by atoms with Gasteiger partial charge in [0, 0.05) is 42.8 Å². The zero-order chi connectivity index (χ0) is 39.9. The number of fused-ring (bicyclic) bond motifs is 6. The third-order valence-corrected chi connectivity index (χ3v) is 8.76. The van der Waals surface area contributed by atoms with E-state index < -0.39 is 23.9 Å². The number of nitrogens with zero attached hydrogens (tertiary/aromatic N) is 4. The lowest BCUT2D eigenvalue weighted by Crippen LogP contribution is -2.41. The number of carbonyl (C=O) groups excluding carboxylic acids is 4. The van der Waals surface area contributed by atoms with Crippen LogP contribution >= 0.6 is 11.6 Å². The molecule has 3 amide bonds. The van der Waals surface area contributed by atoms with Crippen molar-refractivity contribution in [3.63, 3.8) is 0 Å². The number of amides is 3. The molecule has 12 nitrogen and oxygen atoms in total. The summed E-state index contributed by atoms with van der Waals surface area (Å²) in [5, 5.41) is 13.0. The van der Waals surface area contributed by atoms with Crippen molar-refractivity contribution in [2.45, 2.75) is 51.4 Å². The first-order valence-corrected chi connectivity index (χ1v) is 17.1. The molecule has 4 aromatic rings. The summed E-state index contributed by atoms with van der Waals surface area (Å²) >= 11 is 6.38. The highest BCUT2D eigenvalue weighted by Crippen LogP contribution is 2.30. The van der Waals surface area contributed by atoms with E-state index in [-0.39, 0.29) is 17.9 Å². The number of hydrogen-bond donors (Lipinski definition) is 4. The second-order valence-corrected chi connectivity index (χ2v) is 13.1. The van der Waals surface area contributed by atoms with E-state index in [1.54, 1.807) is 12.4 Å². The molecule has 2 aliphatic heterocycles. The van der Waals surface area contributed by atoms with Crippen LogP contribution < -0.4 is 21.3 Å². The molecule has 4 N–H and O–H groups in total. The van der Waals surface area contributed by atoms with E-state index in [0.29, 0.717) is 42.7 Å². The Labute approximate surface area is 315 Å². The first kappa shape index (κ1) is 40.4. The highest BCUT2D eigenvalue weighted by molar-refractivity contribution is 6.41. The van der Waals surface area contributed by atoms with Crippen molar-refractivity contribution in [3.8, 4) is 0 Å². The van der Waals surface area contributed by atoms with Crippen LogP contribution in [-0.4, -0.2) is 68.8 Å². The predicted molar refractivity (Wildman–Crippen MR) is 192 cm³/mol. The Morgan fingerprint density at radius 3 is 2.24 bits per heavy atom. The molecular weight excluding hydrogens is 758 g/mol. The van der Waals surface area contributed by atoms with E-state index in [2.05, 4.69) is 36.2 Å². The fourth-order valence-corrected chi connectivity index (χ4v) is 5.88. The molecule has 290 valence electrons. The molecular formula is C36H33ClF6N8O4. The Hall–Kier alpha value is -5.78. The molecule has 55 heavy (non-hydrogen) atoms. The number of ketones is 2. The molecule has 2 aliphatic rings. The molecule has 1 fully saturated rings. The van der Waals surface area contributed by atoms with Crippen molar-refractivity contribution in [2.24, 2.45) is 5.92 Å². The molecule has 2 aromatic carbocycles. The number of aromatic nitrogens is 3. The monoisotopic (exact) mass is 790 g/mol. The minimum absolute atomic E-state index is 0.0288. The zero-order valence-electron chi connectivity index (χ0n) is 28.9. The summed E-state index contributed by atoms with van der Waals surface area (Å²) in [5.74, 6) is -5.75. The minimum Gasteiger partial charge on any atom is -0.339 e. The number of halogens is 7. The fraction of sp³-hybridized carbons (Fsp3) is 0.306. The first-order chi connectivity index (χ1) is 25.9. The van der Waals surface area contributed by atoms with Crippen LogP contribution in [-0.2, 0) is 27.2 Å². The Bertz CT molecular complexity index is 2050. The van der Waals surface area contributed by atoms with E-state index in [1.807, 2.05) is 66.6 Å². The minimum atomic E-state index is -5.77. The molecule has 0 unspecified atom stereocenters. The van der Waals surface area contributed by atoms with Crippen LogP contribution in [0.1, 0.15) is 36.0 Å². The van der Waals surface area contributed by atoms with E-state index in [1.165, 1.54) is 0 Å². The van der Waals surface area contributed by atoms with E-state index >= 15 is 0 Å². The van der Waals surface area contributed by atoms with E-state index in [9.17, 15) is 45.5 Å². The largest absolute Gasteiger partial charge is 0.458 e. The van der Waals surface area contributed by atoms with E-state index in [4.69, 9.17) is 11.6 Å². The van der Waals surface area contributed by atoms with Gasteiger partial charge in [-0.05, 0) is 91.6 Å². The molecule has 4 heterocycles.